The van der Waals surface area contributed by atoms with Crippen molar-refractivity contribution in [2.24, 2.45) is 0 Å². The zero-order valence-electron chi connectivity index (χ0n) is 6.77. The lowest BCUT2D eigenvalue weighted by Crippen LogP contribution is -2.02. The summed E-state index contributed by atoms with van der Waals surface area (Å²) in [5.41, 5.74) is 5.90. The summed E-state index contributed by atoms with van der Waals surface area (Å²) in [6.07, 6.45) is 0. The SMILES string of the molecule is Cc1nnc2c(N)c(C(=O)O)[nH]n12. The van der Waals surface area contributed by atoms with Crippen LogP contribution in [0.5, 0.6) is 0 Å². The molecule has 2 aromatic rings. The molecule has 2 rings (SSSR count). The molecule has 0 aliphatic rings. The molecule has 0 aliphatic carbocycles. The number of aromatic carboxylic acids is 1. The molecule has 4 N–H and O–H groups in total. The predicted molar refractivity (Wildman–Crippen MR) is 43.4 cm³/mol. The molecule has 7 nitrogen and oxygen atoms in total. The van der Waals surface area contributed by atoms with E-state index in [0.29, 0.717) is 11.5 Å². The van der Waals surface area contributed by atoms with Crippen molar-refractivity contribution in [3.05, 3.63) is 11.5 Å². The standard InChI is InChI=1S/C6H7N5O2/c1-2-8-9-5-3(7)4(6(12)13)10-11(2)5/h10H,7H2,1H3,(H,12,13). The van der Waals surface area contributed by atoms with Crippen molar-refractivity contribution in [3.8, 4) is 0 Å². The number of carbonyl (C=O) groups is 1. The fourth-order valence-corrected chi connectivity index (χ4v) is 1.12. The molecule has 0 saturated carbocycles. The lowest BCUT2D eigenvalue weighted by molar-refractivity contribution is 0.0691. The van der Waals surface area contributed by atoms with Gasteiger partial charge in [0.05, 0.1) is 0 Å². The minimum Gasteiger partial charge on any atom is -0.476 e. The van der Waals surface area contributed by atoms with Crippen molar-refractivity contribution in [2.45, 2.75) is 6.92 Å². The van der Waals surface area contributed by atoms with Crippen LogP contribution in [0.4, 0.5) is 5.69 Å². The van der Waals surface area contributed by atoms with Crippen LogP contribution in [-0.2, 0) is 0 Å². The van der Waals surface area contributed by atoms with Gasteiger partial charge >= 0.3 is 5.97 Å². The number of rotatable bonds is 1. The van der Waals surface area contributed by atoms with Gasteiger partial charge < -0.3 is 10.8 Å². The fraction of sp³-hybridized carbons (Fsp3) is 0.167. The van der Waals surface area contributed by atoms with E-state index in [1.165, 1.54) is 4.52 Å². The molecule has 0 radical (unpaired) electrons. The molecule has 0 spiro atoms. The molecule has 0 unspecified atom stereocenters. The number of aryl methyl sites for hydroxylation is 1. The highest BCUT2D eigenvalue weighted by atomic mass is 16.4. The molecule has 2 aromatic heterocycles. The highest BCUT2D eigenvalue weighted by molar-refractivity contribution is 5.95. The van der Waals surface area contributed by atoms with Crippen LogP contribution in [0.3, 0.4) is 0 Å². The number of nitrogen functional groups attached to an aromatic ring is 1. The van der Waals surface area contributed by atoms with Crippen molar-refractivity contribution in [2.75, 3.05) is 5.73 Å². The molecular formula is C6H7N5O2. The number of H-pyrrole nitrogens is 1. The summed E-state index contributed by atoms with van der Waals surface area (Å²) in [6, 6.07) is 0. The van der Waals surface area contributed by atoms with Crippen LogP contribution in [0.1, 0.15) is 16.3 Å². The first-order valence-corrected chi connectivity index (χ1v) is 3.53. The number of carboxylic acids is 1. The zero-order valence-corrected chi connectivity index (χ0v) is 6.77. The number of hydrogen-bond donors (Lipinski definition) is 3. The second-order valence-corrected chi connectivity index (χ2v) is 2.61. The van der Waals surface area contributed by atoms with Gasteiger partial charge in [-0.3, -0.25) is 5.10 Å². The lowest BCUT2D eigenvalue weighted by Gasteiger charge is -1.88. The van der Waals surface area contributed by atoms with E-state index in [2.05, 4.69) is 15.3 Å². The highest BCUT2D eigenvalue weighted by Crippen LogP contribution is 2.16. The Labute approximate surface area is 72.2 Å². The number of carboxylic acid groups (broad SMARTS) is 1. The van der Waals surface area contributed by atoms with Crippen LogP contribution in [0.2, 0.25) is 0 Å². The predicted octanol–water partition coefficient (Wildman–Crippen LogP) is -0.354. The normalized spacial score (nSPS) is 10.8. The zero-order chi connectivity index (χ0) is 9.59. The minimum atomic E-state index is -1.11. The van der Waals surface area contributed by atoms with E-state index in [0.717, 1.165) is 0 Å². The summed E-state index contributed by atoms with van der Waals surface area (Å²) >= 11 is 0. The van der Waals surface area contributed by atoms with E-state index in [-0.39, 0.29) is 11.4 Å². The summed E-state index contributed by atoms with van der Waals surface area (Å²) in [5, 5.41) is 18.7. The Morgan fingerprint density at radius 1 is 1.62 bits per heavy atom. The van der Waals surface area contributed by atoms with Crippen molar-refractivity contribution in [1.82, 2.24) is 19.8 Å². The summed E-state index contributed by atoms with van der Waals surface area (Å²) < 4.78 is 1.43. The van der Waals surface area contributed by atoms with Gasteiger partial charge in [0.15, 0.2) is 5.69 Å². The molecule has 2 heterocycles. The van der Waals surface area contributed by atoms with Gasteiger partial charge in [-0.2, -0.15) is 0 Å². The molecular weight excluding hydrogens is 174 g/mol. The fourth-order valence-electron chi connectivity index (χ4n) is 1.12. The third kappa shape index (κ3) is 0.866. The number of nitrogens with one attached hydrogen (secondary N) is 1. The van der Waals surface area contributed by atoms with Crippen LogP contribution in [0, 0.1) is 6.92 Å². The number of nitrogens with two attached hydrogens (primary N) is 1. The van der Waals surface area contributed by atoms with E-state index in [4.69, 9.17) is 10.8 Å². The molecule has 68 valence electrons. The Bertz CT molecular complexity index is 482. The average molecular weight is 181 g/mol. The van der Waals surface area contributed by atoms with Gasteiger partial charge in [-0.05, 0) is 6.92 Å². The molecule has 13 heavy (non-hydrogen) atoms. The number of anilines is 1. The van der Waals surface area contributed by atoms with E-state index >= 15 is 0 Å². The van der Waals surface area contributed by atoms with Crippen LogP contribution >= 0.6 is 0 Å². The van der Waals surface area contributed by atoms with Gasteiger partial charge in [0.1, 0.15) is 11.5 Å². The quantitative estimate of drug-likeness (QED) is 0.556. The third-order valence-electron chi connectivity index (χ3n) is 1.77. The number of nitrogens with zero attached hydrogens (tertiary/aromatic N) is 3. The summed E-state index contributed by atoms with van der Waals surface area (Å²) in [7, 11) is 0. The van der Waals surface area contributed by atoms with E-state index < -0.39 is 5.97 Å². The monoisotopic (exact) mass is 181 g/mol. The number of aromatic amines is 1. The van der Waals surface area contributed by atoms with E-state index in [1.54, 1.807) is 6.92 Å². The Balaban J connectivity index is 2.81. The number of fused-ring (bicyclic) bond motifs is 1. The van der Waals surface area contributed by atoms with Crippen molar-refractivity contribution in [3.63, 3.8) is 0 Å². The van der Waals surface area contributed by atoms with E-state index in [9.17, 15) is 4.79 Å². The van der Waals surface area contributed by atoms with Crippen LogP contribution in [0.15, 0.2) is 0 Å². The first-order valence-electron chi connectivity index (χ1n) is 3.53. The van der Waals surface area contributed by atoms with Gasteiger partial charge in [0.2, 0.25) is 5.65 Å². The molecule has 0 atom stereocenters. The van der Waals surface area contributed by atoms with Crippen LogP contribution in [-0.4, -0.2) is 30.9 Å². The minimum absolute atomic E-state index is 0.0620. The van der Waals surface area contributed by atoms with Crippen molar-refractivity contribution >= 4 is 17.3 Å². The Kier molecular flexibility index (Phi) is 1.30. The number of aromatic nitrogens is 4. The van der Waals surface area contributed by atoms with Gasteiger partial charge in [0, 0.05) is 0 Å². The number of hydrogen-bond acceptors (Lipinski definition) is 4. The molecule has 0 amide bonds. The Morgan fingerprint density at radius 3 is 2.85 bits per heavy atom. The van der Waals surface area contributed by atoms with Gasteiger partial charge in [-0.1, -0.05) is 0 Å². The first kappa shape index (κ1) is 7.59. The Hall–Kier alpha value is -2.05. The molecule has 7 heteroatoms. The van der Waals surface area contributed by atoms with Crippen molar-refractivity contribution < 1.29 is 9.90 Å². The summed E-state index contributed by atoms with van der Waals surface area (Å²) in [6.45, 7) is 1.70. The largest absolute Gasteiger partial charge is 0.476 e. The summed E-state index contributed by atoms with van der Waals surface area (Å²) in [4.78, 5) is 10.6. The van der Waals surface area contributed by atoms with Crippen molar-refractivity contribution in [1.29, 1.82) is 0 Å². The molecule has 0 aliphatic heterocycles. The molecule has 0 fully saturated rings. The second kappa shape index (κ2) is 2.22. The summed E-state index contributed by atoms with van der Waals surface area (Å²) in [5.74, 6) is -0.545. The van der Waals surface area contributed by atoms with Gasteiger partial charge in [-0.25, -0.2) is 9.31 Å². The smallest absolute Gasteiger partial charge is 0.356 e. The maximum atomic E-state index is 10.6. The van der Waals surface area contributed by atoms with Gasteiger partial charge in [-0.15, -0.1) is 10.2 Å². The van der Waals surface area contributed by atoms with Crippen LogP contribution in [0.25, 0.3) is 5.65 Å². The molecule has 0 saturated heterocycles. The molecule has 0 aromatic carbocycles. The van der Waals surface area contributed by atoms with Crippen LogP contribution < -0.4 is 5.73 Å². The van der Waals surface area contributed by atoms with Gasteiger partial charge in [0.25, 0.3) is 0 Å². The first-order chi connectivity index (χ1) is 6.11. The topological polar surface area (TPSA) is 109 Å². The maximum Gasteiger partial charge on any atom is 0.356 e. The lowest BCUT2D eigenvalue weighted by atomic mass is 10.4. The highest BCUT2D eigenvalue weighted by Gasteiger charge is 2.17. The third-order valence-corrected chi connectivity index (χ3v) is 1.77. The van der Waals surface area contributed by atoms with E-state index in [1.807, 2.05) is 0 Å². The second-order valence-electron chi connectivity index (χ2n) is 2.61. The molecule has 0 bridgehead atoms. The average Bonchev–Trinajstić information content (AvgIpc) is 2.55. The maximum absolute atomic E-state index is 10.6. The Morgan fingerprint density at radius 2 is 2.31 bits per heavy atom.